The Bertz CT molecular complexity index is 667. The Balaban J connectivity index is 2.20. The van der Waals surface area contributed by atoms with Gasteiger partial charge in [-0.25, -0.2) is 0 Å². The number of halogens is 2. The van der Waals surface area contributed by atoms with E-state index >= 15 is 0 Å². The van der Waals surface area contributed by atoms with Crippen LogP contribution in [-0.2, 0) is 6.54 Å². The second-order valence-corrected chi connectivity index (χ2v) is 6.87. The molecular weight excluding hydrogens is 414 g/mol. The summed E-state index contributed by atoms with van der Waals surface area (Å²) in [7, 11) is 1.74. The summed E-state index contributed by atoms with van der Waals surface area (Å²) in [4.78, 5) is 14.2. The van der Waals surface area contributed by atoms with E-state index in [2.05, 4.69) is 31.9 Å². The summed E-state index contributed by atoms with van der Waals surface area (Å²) in [5.74, 6) is 1.17. The molecule has 1 amide bonds. The average Bonchev–Trinajstić information content (AvgIpc) is 2.83. The van der Waals surface area contributed by atoms with Crippen LogP contribution in [-0.4, -0.2) is 24.0 Å². The van der Waals surface area contributed by atoms with Crippen LogP contribution < -0.4 is 4.74 Å². The van der Waals surface area contributed by atoms with Gasteiger partial charge in [0.1, 0.15) is 11.5 Å². The molecule has 0 saturated heterocycles. The van der Waals surface area contributed by atoms with E-state index in [1.807, 2.05) is 32.0 Å². The number of benzene rings is 1. The molecule has 0 N–H and O–H groups in total. The molecule has 0 aliphatic carbocycles. The fourth-order valence-electron chi connectivity index (χ4n) is 1.97. The summed E-state index contributed by atoms with van der Waals surface area (Å²) in [6, 6.07) is 9.04. The van der Waals surface area contributed by atoms with Crippen LogP contribution in [0, 0.1) is 0 Å². The molecule has 0 atom stereocenters. The molecular formula is C16H17Br2NO3. The van der Waals surface area contributed by atoms with Gasteiger partial charge in [-0.1, -0.05) is 15.9 Å². The zero-order chi connectivity index (χ0) is 16.3. The number of ether oxygens (including phenoxy) is 1. The van der Waals surface area contributed by atoms with Crippen LogP contribution in [0.4, 0.5) is 0 Å². The van der Waals surface area contributed by atoms with Crippen LogP contribution >= 0.6 is 31.9 Å². The van der Waals surface area contributed by atoms with Gasteiger partial charge in [0.2, 0.25) is 0 Å². The number of rotatable bonds is 5. The van der Waals surface area contributed by atoms with Crippen LogP contribution in [0.2, 0.25) is 0 Å². The minimum atomic E-state index is -0.115. The second kappa shape index (κ2) is 7.33. The highest BCUT2D eigenvalue weighted by molar-refractivity contribution is 9.10. The van der Waals surface area contributed by atoms with E-state index in [1.54, 1.807) is 24.1 Å². The van der Waals surface area contributed by atoms with E-state index in [-0.39, 0.29) is 12.0 Å². The fourth-order valence-corrected chi connectivity index (χ4v) is 2.65. The Morgan fingerprint density at radius 2 is 2.00 bits per heavy atom. The molecule has 1 aromatic heterocycles. The molecule has 0 aliphatic heterocycles. The van der Waals surface area contributed by atoms with Crippen molar-refractivity contribution in [1.29, 1.82) is 0 Å². The lowest BCUT2D eigenvalue weighted by Crippen LogP contribution is -2.27. The van der Waals surface area contributed by atoms with Gasteiger partial charge in [0.15, 0.2) is 4.67 Å². The van der Waals surface area contributed by atoms with Gasteiger partial charge in [0, 0.05) is 11.5 Å². The van der Waals surface area contributed by atoms with Crippen molar-refractivity contribution < 1.29 is 13.9 Å². The highest BCUT2D eigenvalue weighted by Gasteiger charge is 2.19. The molecule has 0 fully saturated rings. The number of furan rings is 1. The number of carbonyl (C=O) groups is 1. The number of nitrogens with zero attached hydrogens (tertiary/aromatic N) is 1. The fraction of sp³-hybridized carbons (Fsp3) is 0.312. The first-order valence-corrected chi connectivity index (χ1v) is 8.41. The van der Waals surface area contributed by atoms with E-state index in [1.165, 1.54) is 0 Å². The third kappa shape index (κ3) is 4.36. The lowest BCUT2D eigenvalue weighted by Gasteiger charge is -2.19. The molecule has 0 aliphatic rings. The van der Waals surface area contributed by atoms with Crippen LogP contribution in [0.3, 0.4) is 0 Å². The first-order valence-electron chi connectivity index (χ1n) is 6.82. The van der Waals surface area contributed by atoms with Crippen molar-refractivity contribution >= 4 is 37.8 Å². The van der Waals surface area contributed by atoms with Crippen molar-refractivity contribution in [1.82, 2.24) is 4.90 Å². The van der Waals surface area contributed by atoms with E-state index in [9.17, 15) is 4.79 Å². The molecule has 0 radical (unpaired) electrons. The van der Waals surface area contributed by atoms with E-state index in [4.69, 9.17) is 9.15 Å². The molecule has 0 unspecified atom stereocenters. The predicted octanol–water partition coefficient (Wildman–Crippen LogP) is 4.86. The largest absolute Gasteiger partial charge is 0.490 e. The van der Waals surface area contributed by atoms with Crippen LogP contribution in [0.5, 0.6) is 5.75 Å². The van der Waals surface area contributed by atoms with Crippen LogP contribution in [0.1, 0.15) is 30.0 Å². The highest BCUT2D eigenvalue weighted by Crippen LogP contribution is 2.26. The van der Waals surface area contributed by atoms with E-state index < -0.39 is 0 Å². The topological polar surface area (TPSA) is 42.7 Å². The molecule has 118 valence electrons. The van der Waals surface area contributed by atoms with E-state index in [0.717, 1.165) is 4.47 Å². The third-order valence-corrected chi connectivity index (χ3v) is 3.82. The molecule has 1 heterocycles. The summed E-state index contributed by atoms with van der Waals surface area (Å²) >= 11 is 6.66. The molecule has 0 saturated carbocycles. The van der Waals surface area contributed by atoms with Crippen molar-refractivity contribution in [3.8, 4) is 5.75 Å². The van der Waals surface area contributed by atoms with Gasteiger partial charge < -0.3 is 14.1 Å². The normalized spacial score (nSPS) is 10.8. The zero-order valence-corrected chi connectivity index (χ0v) is 15.8. The van der Waals surface area contributed by atoms with Gasteiger partial charge in [-0.3, -0.25) is 4.79 Å². The molecule has 2 aromatic rings. The third-order valence-electron chi connectivity index (χ3n) is 2.91. The molecule has 22 heavy (non-hydrogen) atoms. The Hall–Kier alpha value is -1.27. The molecule has 2 rings (SSSR count). The molecule has 4 nitrogen and oxygen atoms in total. The first-order chi connectivity index (χ1) is 10.4. The smallest absolute Gasteiger partial charge is 0.257 e. The maximum Gasteiger partial charge on any atom is 0.257 e. The van der Waals surface area contributed by atoms with Crippen molar-refractivity contribution in [2.75, 3.05) is 7.05 Å². The van der Waals surface area contributed by atoms with Crippen LogP contribution in [0.15, 0.2) is 43.9 Å². The number of hydrogen-bond acceptors (Lipinski definition) is 3. The summed E-state index contributed by atoms with van der Waals surface area (Å²) in [6.45, 7) is 4.25. The quantitative estimate of drug-likeness (QED) is 0.679. The highest BCUT2D eigenvalue weighted by atomic mass is 79.9. The molecule has 6 heteroatoms. The minimum absolute atomic E-state index is 0.00724. The average molecular weight is 431 g/mol. The van der Waals surface area contributed by atoms with Crippen molar-refractivity contribution in [3.63, 3.8) is 0 Å². The molecule has 0 bridgehead atoms. The summed E-state index contributed by atoms with van der Waals surface area (Å²) < 4.78 is 12.7. The predicted molar refractivity (Wildman–Crippen MR) is 92.1 cm³/mol. The number of carbonyl (C=O) groups excluding carboxylic acids is 1. The lowest BCUT2D eigenvalue weighted by atomic mass is 10.1. The molecule has 0 spiro atoms. The Morgan fingerprint density at radius 1 is 1.27 bits per heavy atom. The van der Waals surface area contributed by atoms with Crippen molar-refractivity contribution in [2.45, 2.75) is 26.5 Å². The Morgan fingerprint density at radius 3 is 2.59 bits per heavy atom. The van der Waals surface area contributed by atoms with Crippen LogP contribution in [0.25, 0.3) is 0 Å². The van der Waals surface area contributed by atoms with Crippen molar-refractivity contribution in [2.24, 2.45) is 0 Å². The van der Waals surface area contributed by atoms with Gasteiger partial charge in [0.05, 0.1) is 18.2 Å². The standard InChI is InChI=1S/C16H17Br2NO3/c1-10(2)21-14-8-11(17)4-6-13(14)16(20)19(3)9-12-5-7-15(18)22-12/h4-8,10H,9H2,1-3H3. The maximum atomic E-state index is 12.6. The van der Waals surface area contributed by atoms with Crippen molar-refractivity contribution in [3.05, 3.63) is 50.8 Å². The Labute approximate surface area is 146 Å². The van der Waals surface area contributed by atoms with Gasteiger partial charge in [-0.15, -0.1) is 0 Å². The van der Waals surface area contributed by atoms with Gasteiger partial charge in [0.25, 0.3) is 5.91 Å². The zero-order valence-electron chi connectivity index (χ0n) is 12.6. The van der Waals surface area contributed by atoms with Gasteiger partial charge in [-0.2, -0.15) is 0 Å². The number of amides is 1. The van der Waals surface area contributed by atoms with Gasteiger partial charge in [-0.05, 0) is 60.1 Å². The maximum absolute atomic E-state index is 12.6. The SMILES string of the molecule is CC(C)Oc1cc(Br)ccc1C(=O)N(C)Cc1ccc(Br)o1. The summed E-state index contributed by atoms with van der Waals surface area (Å²) in [6.07, 6.45) is -0.00724. The Kier molecular flexibility index (Phi) is 5.69. The minimum Gasteiger partial charge on any atom is -0.490 e. The second-order valence-electron chi connectivity index (χ2n) is 5.17. The first kappa shape index (κ1) is 17.1. The molecule has 1 aromatic carbocycles. The lowest BCUT2D eigenvalue weighted by molar-refractivity contribution is 0.0769. The monoisotopic (exact) mass is 429 g/mol. The number of hydrogen-bond donors (Lipinski definition) is 0. The summed E-state index contributed by atoms with van der Waals surface area (Å²) in [5.41, 5.74) is 0.532. The van der Waals surface area contributed by atoms with Gasteiger partial charge >= 0.3 is 0 Å². The summed E-state index contributed by atoms with van der Waals surface area (Å²) in [5, 5.41) is 0. The van der Waals surface area contributed by atoms with E-state index in [0.29, 0.717) is 28.3 Å².